The van der Waals surface area contributed by atoms with Crippen LogP contribution in [0, 0.1) is 5.92 Å². The molecule has 182 valence electrons. The highest BCUT2D eigenvalue weighted by molar-refractivity contribution is 5.86. The minimum Gasteiger partial charge on any atom is -0.481 e. The molecule has 2 amide bonds. The maximum absolute atomic E-state index is 13.2. The molecule has 1 aliphatic carbocycles. The van der Waals surface area contributed by atoms with Crippen molar-refractivity contribution in [1.29, 1.82) is 0 Å². The fourth-order valence-electron chi connectivity index (χ4n) is 4.48. The molecule has 0 bridgehead atoms. The van der Waals surface area contributed by atoms with E-state index in [2.05, 4.69) is 29.6 Å². The molecule has 1 aliphatic rings. The molecule has 2 aromatic carbocycles. The minimum atomic E-state index is -0.960. The number of nitrogens with one attached hydrogen (secondary N) is 1. The van der Waals surface area contributed by atoms with Gasteiger partial charge in [-0.25, -0.2) is 4.79 Å². The van der Waals surface area contributed by atoms with E-state index in [1.807, 2.05) is 45.0 Å². The normalized spacial score (nSPS) is 14.0. The summed E-state index contributed by atoms with van der Waals surface area (Å²) in [6.45, 7) is 6.49. The van der Waals surface area contributed by atoms with Crippen molar-refractivity contribution in [3.05, 3.63) is 59.7 Å². The molecule has 3 rings (SSSR count). The third-order valence-electron chi connectivity index (χ3n) is 6.50. The van der Waals surface area contributed by atoms with Gasteiger partial charge in [-0.05, 0) is 34.6 Å². The van der Waals surface area contributed by atoms with Crippen LogP contribution in [-0.4, -0.2) is 53.7 Å². The van der Waals surface area contributed by atoms with E-state index in [1.54, 1.807) is 0 Å². The molecule has 0 aliphatic heterocycles. The first-order valence-corrected chi connectivity index (χ1v) is 12.0. The zero-order chi connectivity index (χ0) is 24.7. The maximum atomic E-state index is 13.2. The Balaban J connectivity index is 1.70. The Bertz CT molecular complexity index is 976. The van der Waals surface area contributed by atoms with Crippen LogP contribution in [0.15, 0.2) is 48.5 Å². The molecule has 0 spiro atoms. The number of ether oxygens (including phenoxy) is 1. The number of carboxylic acid groups (broad SMARTS) is 1. The standard InChI is InChI=1S/C27H34N2O5/c1-4-15-29(16-14-24(30)31)26(32)25(18(3)5-2)28-27(33)34-17-23-21-12-8-6-10-19(21)20-11-7-9-13-22(20)23/h6-13,18,23,25H,4-5,14-17H2,1-3H3,(H,28,33)(H,30,31)/t18-,25-/m0/s1. The molecule has 0 saturated heterocycles. The van der Waals surface area contributed by atoms with Crippen LogP contribution in [0.3, 0.4) is 0 Å². The van der Waals surface area contributed by atoms with Gasteiger partial charge in [0.2, 0.25) is 5.91 Å². The lowest BCUT2D eigenvalue weighted by Gasteiger charge is -2.30. The zero-order valence-corrected chi connectivity index (χ0v) is 20.1. The van der Waals surface area contributed by atoms with Crippen LogP contribution in [0.1, 0.15) is 57.1 Å². The molecule has 7 heteroatoms. The summed E-state index contributed by atoms with van der Waals surface area (Å²) in [4.78, 5) is 38.6. The molecule has 0 fully saturated rings. The van der Waals surface area contributed by atoms with Crippen molar-refractivity contribution in [3.8, 4) is 11.1 Å². The van der Waals surface area contributed by atoms with Crippen molar-refractivity contribution in [3.63, 3.8) is 0 Å². The van der Waals surface area contributed by atoms with E-state index in [0.29, 0.717) is 19.4 Å². The SMILES string of the molecule is CCCN(CCC(=O)O)C(=O)[C@@H](NC(=O)OCC1c2ccccc2-c2ccccc21)[C@@H](C)CC. The number of carbonyl (C=O) groups is 3. The lowest BCUT2D eigenvalue weighted by molar-refractivity contribution is -0.139. The molecular formula is C27H34N2O5. The Morgan fingerprint density at radius 2 is 1.59 bits per heavy atom. The number of hydrogen-bond donors (Lipinski definition) is 2. The summed E-state index contributed by atoms with van der Waals surface area (Å²) in [5.41, 5.74) is 4.53. The van der Waals surface area contributed by atoms with Gasteiger partial charge >= 0.3 is 12.1 Å². The largest absolute Gasteiger partial charge is 0.481 e. The van der Waals surface area contributed by atoms with Crippen LogP contribution in [0.25, 0.3) is 11.1 Å². The molecule has 0 aromatic heterocycles. The second-order valence-electron chi connectivity index (χ2n) is 8.80. The first-order valence-electron chi connectivity index (χ1n) is 12.0. The summed E-state index contributed by atoms with van der Waals surface area (Å²) < 4.78 is 5.64. The number of hydrogen-bond acceptors (Lipinski definition) is 4. The van der Waals surface area contributed by atoms with Gasteiger partial charge in [0, 0.05) is 19.0 Å². The van der Waals surface area contributed by atoms with Gasteiger partial charge in [-0.1, -0.05) is 75.7 Å². The molecule has 2 aromatic rings. The Hall–Kier alpha value is -3.35. The molecule has 0 radical (unpaired) electrons. The summed E-state index contributed by atoms with van der Waals surface area (Å²) in [7, 11) is 0. The van der Waals surface area contributed by atoms with E-state index in [4.69, 9.17) is 9.84 Å². The fraction of sp³-hybridized carbons (Fsp3) is 0.444. The third-order valence-corrected chi connectivity index (χ3v) is 6.50. The Morgan fingerprint density at radius 1 is 1.00 bits per heavy atom. The monoisotopic (exact) mass is 466 g/mol. The predicted octanol–water partition coefficient (Wildman–Crippen LogP) is 4.65. The van der Waals surface area contributed by atoms with Gasteiger partial charge < -0.3 is 20.1 Å². The smallest absolute Gasteiger partial charge is 0.407 e. The zero-order valence-electron chi connectivity index (χ0n) is 20.1. The Labute approximate surface area is 201 Å². The van der Waals surface area contributed by atoms with Crippen molar-refractivity contribution in [2.45, 2.75) is 52.0 Å². The second-order valence-corrected chi connectivity index (χ2v) is 8.80. The van der Waals surface area contributed by atoms with Gasteiger partial charge in [-0.2, -0.15) is 0 Å². The second kappa shape index (κ2) is 11.7. The van der Waals surface area contributed by atoms with Crippen molar-refractivity contribution < 1.29 is 24.2 Å². The molecule has 0 unspecified atom stereocenters. The lowest BCUT2D eigenvalue weighted by atomic mass is 9.97. The summed E-state index contributed by atoms with van der Waals surface area (Å²) >= 11 is 0. The number of carbonyl (C=O) groups excluding carboxylic acids is 2. The summed E-state index contributed by atoms with van der Waals surface area (Å²) in [6, 6.07) is 15.4. The first kappa shape index (κ1) is 25.3. The average molecular weight is 467 g/mol. The quantitative estimate of drug-likeness (QED) is 0.502. The van der Waals surface area contributed by atoms with Crippen molar-refractivity contribution >= 4 is 18.0 Å². The van der Waals surface area contributed by atoms with Crippen LogP contribution in [-0.2, 0) is 14.3 Å². The van der Waals surface area contributed by atoms with E-state index in [-0.39, 0.29) is 37.3 Å². The van der Waals surface area contributed by atoms with Gasteiger partial charge in [0.05, 0.1) is 6.42 Å². The molecule has 0 saturated carbocycles. The highest BCUT2D eigenvalue weighted by atomic mass is 16.5. The molecule has 2 atom stereocenters. The van der Waals surface area contributed by atoms with Gasteiger partial charge in [0.25, 0.3) is 0 Å². The number of fused-ring (bicyclic) bond motifs is 3. The van der Waals surface area contributed by atoms with Gasteiger partial charge in [0.15, 0.2) is 0 Å². The van der Waals surface area contributed by atoms with Crippen molar-refractivity contribution in [1.82, 2.24) is 10.2 Å². The molecule has 7 nitrogen and oxygen atoms in total. The van der Waals surface area contributed by atoms with Crippen LogP contribution in [0.5, 0.6) is 0 Å². The number of rotatable bonds is 11. The Morgan fingerprint density at radius 3 is 2.12 bits per heavy atom. The fourth-order valence-corrected chi connectivity index (χ4v) is 4.48. The number of benzene rings is 2. The first-order chi connectivity index (χ1) is 16.4. The van der Waals surface area contributed by atoms with E-state index in [0.717, 1.165) is 22.3 Å². The summed E-state index contributed by atoms with van der Waals surface area (Å²) in [5, 5.41) is 11.8. The molecular weight excluding hydrogens is 432 g/mol. The summed E-state index contributed by atoms with van der Waals surface area (Å²) in [5.74, 6) is -1.43. The van der Waals surface area contributed by atoms with E-state index in [1.165, 1.54) is 4.90 Å². The van der Waals surface area contributed by atoms with Crippen LogP contribution < -0.4 is 5.32 Å². The van der Waals surface area contributed by atoms with E-state index in [9.17, 15) is 14.4 Å². The number of amides is 2. The number of aliphatic carboxylic acids is 1. The lowest BCUT2D eigenvalue weighted by Crippen LogP contribution is -2.52. The average Bonchev–Trinajstić information content (AvgIpc) is 3.16. The minimum absolute atomic E-state index is 0.0666. The molecule has 2 N–H and O–H groups in total. The summed E-state index contributed by atoms with van der Waals surface area (Å²) in [6.07, 6.45) is 0.599. The van der Waals surface area contributed by atoms with Crippen molar-refractivity contribution in [2.24, 2.45) is 5.92 Å². The van der Waals surface area contributed by atoms with E-state index >= 15 is 0 Å². The van der Waals surface area contributed by atoms with E-state index < -0.39 is 18.1 Å². The van der Waals surface area contributed by atoms with Crippen LogP contribution in [0.2, 0.25) is 0 Å². The van der Waals surface area contributed by atoms with Gasteiger partial charge in [-0.3, -0.25) is 9.59 Å². The highest BCUT2D eigenvalue weighted by Gasteiger charge is 2.32. The molecule has 0 heterocycles. The Kier molecular flexibility index (Phi) is 8.68. The maximum Gasteiger partial charge on any atom is 0.407 e. The third kappa shape index (κ3) is 5.76. The predicted molar refractivity (Wildman–Crippen MR) is 131 cm³/mol. The number of carboxylic acids is 1. The topological polar surface area (TPSA) is 95.9 Å². The van der Waals surface area contributed by atoms with Crippen LogP contribution in [0.4, 0.5) is 4.79 Å². The molecule has 34 heavy (non-hydrogen) atoms. The van der Waals surface area contributed by atoms with Crippen LogP contribution >= 0.6 is 0 Å². The van der Waals surface area contributed by atoms with Gasteiger partial charge in [-0.15, -0.1) is 0 Å². The highest BCUT2D eigenvalue weighted by Crippen LogP contribution is 2.44. The number of nitrogens with zero attached hydrogens (tertiary/aromatic N) is 1. The number of alkyl carbamates (subject to hydrolysis) is 1. The van der Waals surface area contributed by atoms with Crippen molar-refractivity contribution in [2.75, 3.05) is 19.7 Å². The van der Waals surface area contributed by atoms with Gasteiger partial charge in [0.1, 0.15) is 12.6 Å².